The molecular weight excluding hydrogens is 353 g/mol. The molecule has 0 aliphatic carbocycles. The van der Waals surface area contributed by atoms with E-state index in [-0.39, 0.29) is 27.9 Å². The van der Waals surface area contributed by atoms with Crippen LogP contribution < -0.4 is 10.1 Å². The lowest BCUT2D eigenvalue weighted by Gasteiger charge is -2.10. The van der Waals surface area contributed by atoms with Gasteiger partial charge in [0, 0.05) is 0 Å². The minimum absolute atomic E-state index is 0.00207. The molecule has 0 aliphatic heterocycles. The van der Waals surface area contributed by atoms with Crippen LogP contribution in [0.4, 0.5) is 5.69 Å². The Morgan fingerprint density at radius 1 is 1.12 bits per heavy atom. The molecule has 2 rings (SSSR count). The summed E-state index contributed by atoms with van der Waals surface area (Å²) in [7, 11) is 0. The molecule has 0 fully saturated rings. The number of carboxylic acids is 1. The van der Waals surface area contributed by atoms with E-state index in [1.54, 1.807) is 12.1 Å². The SMILES string of the molecule is CCc1ccc(OCC(=O)Nc2cc(C(=O)O)c(Cl)cc2Cl)cc1. The predicted octanol–water partition coefficient (Wildman–Crippen LogP) is 4.27. The first-order valence-electron chi connectivity index (χ1n) is 7.14. The highest BCUT2D eigenvalue weighted by molar-refractivity contribution is 6.38. The summed E-state index contributed by atoms with van der Waals surface area (Å²) in [6, 6.07) is 9.88. The van der Waals surface area contributed by atoms with Gasteiger partial charge in [-0.15, -0.1) is 0 Å². The van der Waals surface area contributed by atoms with Crippen molar-refractivity contribution in [3.63, 3.8) is 0 Å². The third-order valence-electron chi connectivity index (χ3n) is 3.26. The van der Waals surface area contributed by atoms with Crippen LogP contribution in [0.2, 0.25) is 10.0 Å². The standard InChI is InChI=1S/C17H15Cl2NO4/c1-2-10-3-5-11(6-4-10)24-9-16(21)20-15-7-12(17(22)23)13(18)8-14(15)19/h3-8H,2,9H2,1H3,(H,20,21)(H,22,23). The van der Waals surface area contributed by atoms with Crippen molar-refractivity contribution in [2.24, 2.45) is 0 Å². The van der Waals surface area contributed by atoms with Gasteiger partial charge in [0.25, 0.3) is 5.91 Å². The van der Waals surface area contributed by atoms with E-state index in [0.29, 0.717) is 5.75 Å². The van der Waals surface area contributed by atoms with E-state index in [9.17, 15) is 9.59 Å². The summed E-state index contributed by atoms with van der Waals surface area (Å²) in [4.78, 5) is 23.0. The Bertz CT molecular complexity index is 760. The molecule has 0 heterocycles. The number of benzene rings is 2. The van der Waals surface area contributed by atoms with Crippen LogP contribution in [0.1, 0.15) is 22.8 Å². The summed E-state index contributed by atoms with van der Waals surface area (Å²) in [5.41, 5.74) is 1.18. The van der Waals surface area contributed by atoms with Crippen molar-refractivity contribution in [2.75, 3.05) is 11.9 Å². The maximum absolute atomic E-state index is 12.0. The fraction of sp³-hybridized carbons (Fsp3) is 0.176. The van der Waals surface area contributed by atoms with Crippen molar-refractivity contribution in [3.05, 3.63) is 57.6 Å². The number of hydrogen-bond donors (Lipinski definition) is 2. The highest BCUT2D eigenvalue weighted by Gasteiger charge is 2.14. The second-order valence-corrected chi connectivity index (χ2v) is 5.77. The number of halogens is 2. The van der Waals surface area contributed by atoms with Gasteiger partial charge in [-0.1, -0.05) is 42.3 Å². The molecular formula is C17H15Cl2NO4. The smallest absolute Gasteiger partial charge is 0.337 e. The lowest BCUT2D eigenvalue weighted by atomic mass is 10.2. The number of hydrogen-bond acceptors (Lipinski definition) is 3. The predicted molar refractivity (Wildman–Crippen MR) is 93.4 cm³/mol. The third kappa shape index (κ3) is 4.63. The van der Waals surface area contributed by atoms with E-state index < -0.39 is 11.9 Å². The van der Waals surface area contributed by atoms with E-state index >= 15 is 0 Å². The Kier molecular flexibility index (Phi) is 6.06. The Morgan fingerprint density at radius 2 is 1.79 bits per heavy atom. The number of carboxylic acid groups (broad SMARTS) is 1. The first-order valence-corrected chi connectivity index (χ1v) is 7.90. The van der Waals surface area contributed by atoms with Crippen LogP contribution in [0.5, 0.6) is 5.75 Å². The normalized spacial score (nSPS) is 10.3. The molecule has 0 unspecified atom stereocenters. The molecule has 0 spiro atoms. The highest BCUT2D eigenvalue weighted by atomic mass is 35.5. The second-order valence-electron chi connectivity index (χ2n) is 4.95. The first-order chi connectivity index (χ1) is 11.4. The highest BCUT2D eigenvalue weighted by Crippen LogP contribution is 2.29. The van der Waals surface area contributed by atoms with Crippen LogP contribution in [0.3, 0.4) is 0 Å². The number of aromatic carboxylic acids is 1. The molecule has 7 heteroatoms. The van der Waals surface area contributed by atoms with Crippen LogP contribution in [0.15, 0.2) is 36.4 Å². The van der Waals surface area contributed by atoms with Gasteiger partial charge in [-0.05, 0) is 36.2 Å². The Balaban J connectivity index is 2.01. The Hall–Kier alpha value is -2.24. The monoisotopic (exact) mass is 367 g/mol. The number of carbonyl (C=O) groups is 2. The minimum atomic E-state index is -1.21. The maximum Gasteiger partial charge on any atom is 0.337 e. The molecule has 5 nitrogen and oxygen atoms in total. The van der Waals surface area contributed by atoms with Crippen LogP contribution in [-0.4, -0.2) is 23.6 Å². The van der Waals surface area contributed by atoms with E-state index in [1.807, 2.05) is 19.1 Å². The van der Waals surface area contributed by atoms with Crippen molar-refractivity contribution in [1.29, 1.82) is 0 Å². The van der Waals surface area contributed by atoms with Gasteiger partial charge in [-0.2, -0.15) is 0 Å². The number of aryl methyl sites for hydroxylation is 1. The number of anilines is 1. The van der Waals surface area contributed by atoms with Crippen molar-refractivity contribution in [3.8, 4) is 5.75 Å². The summed E-state index contributed by atoms with van der Waals surface area (Å²) >= 11 is 11.8. The molecule has 0 saturated carbocycles. The van der Waals surface area contributed by atoms with Gasteiger partial charge < -0.3 is 15.2 Å². The second kappa shape index (κ2) is 8.04. The largest absolute Gasteiger partial charge is 0.484 e. The zero-order chi connectivity index (χ0) is 17.7. The van der Waals surface area contributed by atoms with Crippen molar-refractivity contribution in [1.82, 2.24) is 0 Å². The van der Waals surface area contributed by atoms with Crippen molar-refractivity contribution in [2.45, 2.75) is 13.3 Å². The topological polar surface area (TPSA) is 75.6 Å². The number of ether oxygens (including phenoxy) is 1. The molecule has 0 bridgehead atoms. The van der Waals surface area contributed by atoms with Gasteiger partial charge in [-0.3, -0.25) is 4.79 Å². The number of carbonyl (C=O) groups excluding carboxylic acids is 1. The quantitative estimate of drug-likeness (QED) is 0.799. The van der Waals surface area contributed by atoms with Crippen molar-refractivity contribution >= 4 is 40.8 Å². The third-order valence-corrected chi connectivity index (χ3v) is 3.89. The lowest BCUT2D eigenvalue weighted by molar-refractivity contribution is -0.118. The summed E-state index contributed by atoms with van der Waals surface area (Å²) in [5.74, 6) is -1.11. The Morgan fingerprint density at radius 3 is 2.38 bits per heavy atom. The zero-order valence-electron chi connectivity index (χ0n) is 12.8. The molecule has 0 radical (unpaired) electrons. The van der Waals surface area contributed by atoms with E-state index in [1.165, 1.54) is 17.7 Å². The van der Waals surface area contributed by atoms with E-state index in [0.717, 1.165) is 6.42 Å². The molecule has 0 aliphatic rings. The number of rotatable bonds is 6. The molecule has 2 aromatic rings. The molecule has 2 N–H and O–H groups in total. The van der Waals surface area contributed by atoms with Crippen molar-refractivity contribution < 1.29 is 19.4 Å². The van der Waals surface area contributed by atoms with Gasteiger partial charge in [0.15, 0.2) is 6.61 Å². The first kappa shape index (κ1) is 18.1. The Labute approximate surface area is 149 Å². The number of nitrogens with one attached hydrogen (secondary N) is 1. The molecule has 0 saturated heterocycles. The zero-order valence-corrected chi connectivity index (χ0v) is 14.3. The van der Waals surface area contributed by atoms with Gasteiger partial charge in [-0.25, -0.2) is 4.79 Å². The van der Waals surface area contributed by atoms with E-state index in [4.69, 9.17) is 33.0 Å². The maximum atomic E-state index is 12.0. The van der Waals surface area contributed by atoms with Crippen LogP contribution in [0.25, 0.3) is 0 Å². The molecule has 2 aromatic carbocycles. The van der Waals surface area contributed by atoms with Gasteiger partial charge in [0.1, 0.15) is 5.75 Å². The van der Waals surface area contributed by atoms with Crippen LogP contribution in [-0.2, 0) is 11.2 Å². The summed E-state index contributed by atoms with van der Waals surface area (Å²) < 4.78 is 5.38. The van der Waals surface area contributed by atoms with E-state index in [2.05, 4.69) is 5.32 Å². The van der Waals surface area contributed by atoms with Crippen LogP contribution >= 0.6 is 23.2 Å². The summed E-state index contributed by atoms with van der Waals surface area (Å²) in [6.45, 7) is 1.82. The molecule has 126 valence electrons. The summed E-state index contributed by atoms with van der Waals surface area (Å²) in [6.07, 6.45) is 0.918. The van der Waals surface area contributed by atoms with Gasteiger partial charge >= 0.3 is 5.97 Å². The minimum Gasteiger partial charge on any atom is -0.484 e. The molecule has 24 heavy (non-hydrogen) atoms. The fourth-order valence-corrected chi connectivity index (χ4v) is 2.48. The average molecular weight is 368 g/mol. The van der Waals surface area contributed by atoms with Gasteiger partial charge in [0.2, 0.25) is 0 Å². The average Bonchev–Trinajstić information content (AvgIpc) is 2.55. The molecule has 1 amide bonds. The van der Waals surface area contributed by atoms with Crippen LogP contribution in [0, 0.1) is 0 Å². The molecule has 0 atom stereocenters. The fourth-order valence-electron chi connectivity index (χ4n) is 1.97. The number of amides is 1. The summed E-state index contributed by atoms with van der Waals surface area (Å²) in [5, 5.41) is 11.7. The van der Waals surface area contributed by atoms with Gasteiger partial charge in [0.05, 0.1) is 21.3 Å². The molecule has 0 aromatic heterocycles. The lowest BCUT2D eigenvalue weighted by Crippen LogP contribution is -2.20.